The number of hydrogen-bond donors (Lipinski definition) is 0. The van der Waals surface area contributed by atoms with Crippen LogP contribution in [0.5, 0.6) is 0 Å². The molecule has 0 saturated heterocycles. The molecular formula is C24H32OSi4. The predicted octanol–water partition coefficient (Wildman–Crippen LogP) is 3.67. The lowest BCUT2D eigenvalue weighted by Gasteiger charge is -2.45. The first-order chi connectivity index (χ1) is 13.6. The van der Waals surface area contributed by atoms with E-state index < -0.39 is 30.9 Å². The maximum atomic E-state index is 7.91. The van der Waals surface area contributed by atoms with E-state index in [1.54, 1.807) is 10.4 Å². The fourth-order valence-corrected chi connectivity index (χ4v) is 41.5. The Morgan fingerprint density at radius 2 is 0.793 bits per heavy atom. The third-order valence-electron chi connectivity index (χ3n) is 6.46. The Balaban J connectivity index is 2.14. The molecule has 5 heteroatoms. The molecule has 150 valence electrons. The maximum Gasteiger partial charge on any atom is 0.229 e. The Hall–Kier alpha value is -1.51. The highest BCUT2D eigenvalue weighted by molar-refractivity contribution is 7.59. The van der Waals surface area contributed by atoms with E-state index in [-0.39, 0.29) is 0 Å². The first-order valence-corrected chi connectivity index (χ1v) is 23.4. The van der Waals surface area contributed by atoms with Crippen molar-refractivity contribution in [1.29, 1.82) is 0 Å². The van der Waals surface area contributed by atoms with E-state index >= 15 is 0 Å². The number of benzene rings is 3. The van der Waals surface area contributed by atoms with Gasteiger partial charge in [-0.05, 0) is 20.7 Å². The molecule has 0 amide bonds. The minimum atomic E-state index is -2.32. The standard InChI is InChI=1S/C24H32OSi4/c1-26(2,3)28(21-15-9-7-10-16-21)23-19-13-14-20-24(23)29(25-28,27(4,5)6)22-17-11-8-12-18-22/h7-20H,1-6H3/t28-,29-/m1/s1. The van der Waals surface area contributed by atoms with Crippen molar-refractivity contribution in [3.8, 4) is 0 Å². The van der Waals surface area contributed by atoms with E-state index in [2.05, 4.69) is 124 Å². The van der Waals surface area contributed by atoms with Crippen LogP contribution < -0.4 is 20.7 Å². The van der Waals surface area contributed by atoms with Crippen LogP contribution in [0.1, 0.15) is 0 Å². The monoisotopic (exact) mass is 448 g/mol. The van der Waals surface area contributed by atoms with Crippen LogP contribution in [-0.2, 0) is 4.12 Å². The van der Waals surface area contributed by atoms with Crippen molar-refractivity contribution in [2.45, 2.75) is 39.3 Å². The quantitative estimate of drug-likeness (QED) is 0.553. The van der Waals surface area contributed by atoms with Gasteiger partial charge < -0.3 is 4.12 Å². The molecule has 3 aromatic carbocycles. The van der Waals surface area contributed by atoms with Gasteiger partial charge in [-0.25, -0.2) is 0 Å². The highest BCUT2D eigenvalue weighted by Crippen LogP contribution is 2.34. The molecule has 1 aliphatic heterocycles. The average molecular weight is 449 g/mol. The van der Waals surface area contributed by atoms with Crippen molar-refractivity contribution < 1.29 is 4.12 Å². The number of fused-ring (bicyclic) bond motifs is 1. The van der Waals surface area contributed by atoms with Gasteiger partial charge in [0.1, 0.15) is 0 Å². The lowest BCUT2D eigenvalue weighted by Crippen LogP contribution is -2.77. The second-order valence-electron chi connectivity index (χ2n) is 10.2. The molecule has 0 spiro atoms. The van der Waals surface area contributed by atoms with Gasteiger partial charge in [-0.15, -0.1) is 0 Å². The third-order valence-corrected chi connectivity index (χ3v) is 35.9. The van der Waals surface area contributed by atoms with E-state index in [0.29, 0.717) is 0 Å². The number of hydrogen-bond acceptors (Lipinski definition) is 1. The zero-order valence-electron chi connectivity index (χ0n) is 18.5. The summed E-state index contributed by atoms with van der Waals surface area (Å²) in [5.41, 5.74) is 0. The fourth-order valence-electron chi connectivity index (χ4n) is 5.19. The van der Waals surface area contributed by atoms with Crippen LogP contribution in [0, 0.1) is 0 Å². The lowest BCUT2D eigenvalue weighted by atomic mass is 10.3. The smallest absolute Gasteiger partial charge is 0.229 e. The van der Waals surface area contributed by atoms with Gasteiger partial charge >= 0.3 is 0 Å². The Morgan fingerprint density at radius 3 is 1.10 bits per heavy atom. The second-order valence-corrected chi connectivity index (χ2v) is 38.2. The van der Waals surface area contributed by atoms with Gasteiger partial charge in [0, 0.05) is 0 Å². The summed E-state index contributed by atoms with van der Waals surface area (Å²) in [5, 5.41) is 6.08. The summed E-state index contributed by atoms with van der Waals surface area (Å²) in [6.45, 7) is 15.2. The molecule has 1 heterocycles. The van der Waals surface area contributed by atoms with Crippen LogP contribution in [0.15, 0.2) is 84.9 Å². The molecule has 0 fully saturated rings. The molecule has 4 rings (SSSR count). The minimum Gasteiger partial charge on any atom is -0.446 e. The van der Waals surface area contributed by atoms with Gasteiger partial charge in [0.15, 0.2) is 0 Å². The first-order valence-electron chi connectivity index (χ1n) is 10.6. The van der Waals surface area contributed by atoms with Gasteiger partial charge in [0.2, 0.25) is 15.7 Å². The van der Waals surface area contributed by atoms with E-state index in [0.717, 1.165) is 0 Å². The third kappa shape index (κ3) is 2.94. The topological polar surface area (TPSA) is 9.23 Å². The second kappa shape index (κ2) is 7.03. The van der Waals surface area contributed by atoms with Gasteiger partial charge in [0.05, 0.1) is 15.2 Å². The Morgan fingerprint density at radius 1 is 0.483 bits per heavy atom. The van der Waals surface area contributed by atoms with Gasteiger partial charge in [-0.2, -0.15) is 0 Å². The van der Waals surface area contributed by atoms with Crippen molar-refractivity contribution in [2.75, 3.05) is 0 Å². The molecule has 0 bridgehead atoms. The van der Waals surface area contributed by atoms with Crippen molar-refractivity contribution in [3.05, 3.63) is 84.9 Å². The molecular weight excluding hydrogens is 417 g/mol. The molecule has 0 saturated carbocycles. The normalized spacial score (nSPS) is 24.3. The summed E-state index contributed by atoms with van der Waals surface area (Å²) < 4.78 is 7.91. The summed E-state index contributed by atoms with van der Waals surface area (Å²) in [4.78, 5) is 0. The molecule has 0 aliphatic carbocycles. The zero-order valence-corrected chi connectivity index (χ0v) is 22.5. The summed E-state index contributed by atoms with van der Waals surface area (Å²) >= 11 is 0. The van der Waals surface area contributed by atoms with Crippen molar-refractivity contribution in [3.63, 3.8) is 0 Å². The van der Waals surface area contributed by atoms with Crippen LogP contribution >= 0.6 is 0 Å². The largest absolute Gasteiger partial charge is 0.446 e. The summed E-state index contributed by atoms with van der Waals surface area (Å²) in [6.07, 6.45) is 0. The Kier molecular flexibility index (Phi) is 5.03. The zero-order chi connectivity index (χ0) is 20.9. The SMILES string of the molecule is C[Si](C)(C)[Si@@]1(c2ccccc2)O[Si@](c2ccccc2)([Si](C)(C)C)c2ccccc21. The molecule has 0 radical (unpaired) electrons. The molecule has 3 aromatic rings. The van der Waals surface area contributed by atoms with E-state index in [4.69, 9.17) is 4.12 Å². The van der Waals surface area contributed by atoms with Crippen molar-refractivity contribution in [2.24, 2.45) is 0 Å². The minimum absolute atomic E-state index is 1.47. The van der Waals surface area contributed by atoms with Crippen LogP contribution in [0.4, 0.5) is 0 Å². The van der Waals surface area contributed by atoms with Gasteiger partial charge in [-0.3, -0.25) is 0 Å². The highest BCUT2D eigenvalue weighted by atomic mass is 29.3. The van der Waals surface area contributed by atoms with Crippen LogP contribution in [0.2, 0.25) is 39.3 Å². The van der Waals surface area contributed by atoms with Crippen LogP contribution in [0.25, 0.3) is 0 Å². The molecule has 0 aromatic heterocycles. The molecule has 0 N–H and O–H groups in total. The average Bonchev–Trinajstić information content (AvgIpc) is 3.03. The summed E-state index contributed by atoms with van der Waals surface area (Å²) in [6, 6.07) is 31.8. The van der Waals surface area contributed by atoms with Crippen LogP contribution in [-0.4, -0.2) is 30.9 Å². The van der Waals surface area contributed by atoms with Crippen LogP contribution in [0.3, 0.4) is 0 Å². The van der Waals surface area contributed by atoms with Gasteiger partial charge in [-0.1, -0.05) is 124 Å². The summed E-state index contributed by atoms with van der Waals surface area (Å²) in [7, 11) is -8.03. The molecule has 1 aliphatic rings. The maximum absolute atomic E-state index is 7.91. The fraction of sp³-hybridized carbons (Fsp3) is 0.250. The van der Waals surface area contributed by atoms with E-state index in [1.165, 1.54) is 10.4 Å². The summed E-state index contributed by atoms with van der Waals surface area (Å²) in [5.74, 6) is 0. The molecule has 1 nitrogen and oxygen atoms in total. The van der Waals surface area contributed by atoms with Crippen molar-refractivity contribution in [1.82, 2.24) is 0 Å². The highest BCUT2D eigenvalue weighted by Gasteiger charge is 2.67. The van der Waals surface area contributed by atoms with Crippen molar-refractivity contribution >= 4 is 51.6 Å². The number of rotatable bonds is 4. The molecule has 2 atom stereocenters. The molecule has 29 heavy (non-hydrogen) atoms. The van der Waals surface area contributed by atoms with E-state index in [1.807, 2.05) is 0 Å². The lowest BCUT2D eigenvalue weighted by molar-refractivity contribution is 0.617. The van der Waals surface area contributed by atoms with E-state index in [9.17, 15) is 0 Å². The molecule has 0 unspecified atom stereocenters. The Bertz CT molecular complexity index is 926. The van der Waals surface area contributed by atoms with Gasteiger partial charge in [0.25, 0.3) is 0 Å². The first kappa shape index (κ1) is 20.7. The predicted molar refractivity (Wildman–Crippen MR) is 137 cm³/mol. The Labute approximate surface area is 179 Å².